The van der Waals surface area contributed by atoms with Crippen molar-refractivity contribution >= 4 is 24.1 Å². The molecule has 3 aromatic rings. The van der Waals surface area contributed by atoms with E-state index in [9.17, 15) is 4.57 Å². The first-order chi connectivity index (χ1) is 11.3. The average Bonchev–Trinajstić information content (AvgIpc) is 2.64. The molecule has 3 rings (SSSR count). The van der Waals surface area contributed by atoms with Crippen molar-refractivity contribution in [1.82, 2.24) is 4.98 Å². The van der Waals surface area contributed by atoms with Gasteiger partial charge in [0.2, 0.25) is 7.29 Å². The minimum absolute atomic E-state index is 0.560. The van der Waals surface area contributed by atoms with E-state index < -0.39 is 7.29 Å². The van der Waals surface area contributed by atoms with Crippen LogP contribution in [-0.2, 0) is 11.0 Å². The monoisotopic (exact) mass is 320 g/mol. The fourth-order valence-corrected chi connectivity index (χ4v) is 4.34. The van der Waals surface area contributed by atoms with Crippen molar-refractivity contribution in [1.29, 1.82) is 0 Å². The second kappa shape index (κ2) is 7.17. The van der Waals surface area contributed by atoms with Crippen molar-refractivity contribution < 1.29 is 4.57 Å². The Bertz CT molecular complexity index is 774. The van der Waals surface area contributed by atoms with Crippen LogP contribution in [0.1, 0.15) is 5.69 Å². The van der Waals surface area contributed by atoms with Gasteiger partial charge in [-0.3, -0.25) is 9.55 Å². The molecular formula is C19H17N2OP. The Labute approximate surface area is 136 Å². The van der Waals surface area contributed by atoms with Crippen molar-refractivity contribution in [3.05, 3.63) is 90.8 Å². The lowest BCUT2D eigenvalue weighted by Crippen LogP contribution is -2.14. The topological polar surface area (TPSA) is 42.3 Å². The summed E-state index contributed by atoms with van der Waals surface area (Å²) >= 11 is 0. The van der Waals surface area contributed by atoms with Gasteiger partial charge in [-0.15, -0.1) is 0 Å². The third kappa shape index (κ3) is 3.64. The van der Waals surface area contributed by atoms with Crippen LogP contribution in [0.25, 0.3) is 0 Å². The Morgan fingerprint density at radius 3 is 1.91 bits per heavy atom. The van der Waals surface area contributed by atoms with Gasteiger partial charge in [-0.1, -0.05) is 42.5 Å². The minimum Gasteiger partial charge on any atom is -0.288 e. The van der Waals surface area contributed by atoms with Crippen LogP contribution in [0.5, 0.6) is 0 Å². The van der Waals surface area contributed by atoms with Crippen LogP contribution in [0.4, 0.5) is 0 Å². The van der Waals surface area contributed by atoms with Crippen LogP contribution in [0.3, 0.4) is 0 Å². The molecule has 0 aliphatic heterocycles. The SMILES string of the molecule is O=P(N=CCc1ccccn1)(c1ccccc1)c1ccccc1. The Hall–Kier alpha value is -2.51. The largest absolute Gasteiger partial charge is 0.288 e. The highest BCUT2D eigenvalue weighted by Crippen LogP contribution is 2.44. The summed E-state index contributed by atoms with van der Waals surface area (Å²) < 4.78 is 18.1. The predicted octanol–water partition coefficient (Wildman–Crippen LogP) is 3.62. The number of pyridine rings is 1. The quantitative estimate of drug-likeness (QED) is 0.532. The first-order valence-corrected chi connectivity index (χ1v) is 9.10. The molecule has 23 heavy (non-hydrogen) atoms. The standard InChI is InChI=1S/C19H17N2OP/c22-23(18-10-3-1-4-11-18,19-12-5-2-6-13-19)21-16-14-17-9-7-8-15-20-17/h1-13,15-16H,14H2. The van der Waals surface area contributed by atoms with Crippen LogP contribution in [-0.4, -0.2) is 11.2 Å². The maximum atomic E-state index is 13.6. The van der Waals surface area contributed by atoms with E-state index >= 15 is 0 Å². The molecule has 0 aliphatic carbocycles. The highest BCUT2D eigenvalue weighted by molar-refractivity contribution is 7.77. The number of hydrogen-bond acceptors (Lipinski definition) is 2. The van der Waals surface area contributed by atoms with E-state index in [1.54, 1.807) is 12.4 Å². The molecule has 114 valence electrons. The van der Waals surface area contributed by atoms with E-state index in [4.69, 9.17) is 0 Å². The van der Waals surface area contributed by atoms with E-state index in [1.165, 1.54) is 0 Å². The molecular weight excluding hydrogens is 303 g/mol. The molecule has 0 spiro atoms. The highest BCUT2D eigenvalue weighted by atomic mass is 31.2. The summed E-state index contributed by atoms with van der Waals surface area (Å²) in [6.45, 7) is 0. The first-order valence-electron chi connectivity index (χ1n) is 7.44. The molecule has 0 fully saturated rings. The molecule has 0 saturated carbocycles. The van der Waals surface area contributed by atoms with Gasteiger partial charge in [0.15, 0.2) is 0 Å². The number of aromatic nitrogens is 1. The lowest BCUT2D eigenvalue weighted by Gasteiger charge is -2.14. The van der Waals surface area contributed by atoms with Crippen LogP contribution in [0.15, 0.2) is 89.8 Å². The van der Waals surface area contributed by atoms with Gasteiger partial charge in [0.25, 0.3) is 0 Å². The summed E-state index contributed by atoms with van der Waals surface area (Å²) in [4.78, 5) is 4.26. The molecule has 0 unspecified atom stereocenters. The van der Waals surface area contributed by atoms with Gasteiger partial charge >= 0.3 is 0 Å². The van der Waals surface area contributed by atoms with Crippen molar-refractivity contribution in [3.8, 4) is 0 Å². The number of nitrogens with zero attached hydrogens (tertiary/aromatic N) is 2. The average molecular weight is 320 g/mol. The fourth-order valence-electron chi connectivity index (χ4n) is 2.31. The number of benzene rings is 2. The summed E-state index contributed by atoms with van der Waals surface area (Å²) in [5.41, 5.74) is 0.906. The van der Waals surface area contributed by atoms with Crippen LogP contribution in [0.2, 0.25) is 0 Å². The normalized spacial score (nSPS) is 11.7. The maximum absolute atomic E-state index is 13.6. The van der Waals surface area contributed by atoms with Crippen molar-refractivity contribution in [2.24, 2.45) is 4.76 Å². The fraction of sp³-hybridized carbons (Fsp3) is 0.0526. The lowest BCUT2D eigenvalue weighted by atomic mass is 10.3. The molecule has 0 aliphatic rings. The summed E-state index contributed by atoms with van der Waals surface area (Å²) in [5.74, 6) is 0. The van der Waals surface area contributed by atoms with E-state index in [0.717, 1.165) is 16.3 Å². The van der Waals surface area contributed by atoms with Gasteiger partial charge in [0.05, 0.1) is 0 Å². The summed E-state index contributed by atoms with van der Waals surface area (Å²) in [6.07, 6.45) is 4.02. The van der Waals surface area contributed by atoms with Crippen LogP contribution < -0.4 is 10.6 Å². The Morgan fingerprint density at radius 2 is 1.39 bits per heavy atom. The Kier molecular flexibility index (Phi) is 4.80. The van der Waals surface area contributed by atoms with E-state index in [-0.39, 0.29) is 0 Å². The second-order valence-electron chi connectivity index (χ2n) is 5.07. The van der Waals surface area contributed by atoms with Gasteiger partial charge in [-0.25, -0.2) is 4.76 Å². The molecule has 0 radical (unpaired) electrons. The lowest BCUT2D eigenvalue weighted by molar-refractivity contribution is 0.588. The predicted molar refractivity (Wildman–Crippen MR) is 96.2 cm³/mol. The highest BCUT2D eigenvalue weighted by Gasteiger charge is 2.25. The maximum Gasteiger partial charge on any atom is 0.247 e. The summed E-state index contributed by atoms with van der Waals surface area (Å²) in [7, 11) is -3.02. The van der Waals surface area contributed by atoms with Gasteiger partial charge in [-0.2, -0.15) is 0 Å². The number of rotatable bonds is 5. The smallest absolute Gasteiger partial charge is 0.247 e. The molecule has 1 heterocycles. The summed E-state index contributed by atoms with van der Waals surface area (Å²) in [5, 5.41) is 1.48. The van der Waals surface area contributed by atoms with Crippen molar-refractivity contribution in [2.75, 3.05) is 0 Å². The molecule has 1 aromatic heterocycles. The molecule has 0 amide bonds. The molecule has 4 heteroatoms. The van der Waals surface area contributed by atoms with Crippen molar-refractivity contribution in [2.45, 2.75) is 6.42 Å². The third-order valence-electron chi connectivity index (χ3n) is 3.48. The van der Waals surface area contributed by atoms with E-state index in [0.29, 0.717) is 6.42 Å². The van der Waals surface area contributed by atoms with E-state index in [1.807, 2.05) is 78.9 Å². The minimum atomic E-state index is -3.02. The zero-order valence-corrected chi connectivity index (χ0v) is 13.5. The van der Waals surface area contributed by atoms with Crippen LogP contribution in [0, 0.1) is 0 Å². The van der Waals surface area contributed by atoms with Crippen LogP contribution >= 0.6 is 7.29 Å². The Morgan fingerprint density at radius 1 is 0.826 bits per heavy atom. The molecule has 0 bridgehead atoms. The second-order valence-corrected chi connectivity index (χ2v) is 7.49. The van der Waals surface area contributed by atoms with Gasteiger partial charge in [0, 0.05) is 35.1 Å². The molecule has 3 nitrogen and oxygen atoms in total. The van der Waals surface area contributed by atoms with E-state index in [2.05, 4.69) is 9.75 Å². The zero-order valence-electron chi connectivity index (χ0n) is 12.6. The van der Waals surface area contributed by atoms with Gasteiger partial charge < -0.3 is 0 Å². The molecule has 0 saturated heterocycles. The molecule has 0 N–H and O–H groups in total. The summed E-state index contributed by atoms with van der Waals surface area (Å²) in [6, 6.07) is 24.6. The zero-order chi connectivity index (χ0) is 16.0. The number of hydrogen-bond donors (Lipinski definition) is 0. The van der Waals surface area contributed by atoms with Gasteiger partial charge in [0.1, 0.15) is 0 Å². The Balaban J connectivity index is 1.95. The molecule has 2 aromatic carbocycles. The first kappa shape index (κ1) is 15.4. The third-order valence-corrected chi connectivity index (χ3v) is 5.97. The van der Waals surface area contributed by atoms with Gasteiger partial charge in [-0.05, 0) is 36.4 Å². The van der Waals surface area contributed by atoms with Crippen molar-refractivity contribution in [3.63, 3.8) is 0 Å². The molecule has 0 atom stereocenters.